The van der Waals surface area contributed by atoms with Crippen LogP contribution in [-0.4, -0.2) is 17.2 Å². The molecule has 0 fully saturated rings. The smallest absolute Gasteiger partial charge is 0.427 e. The van der Waals surface area contributed by atoms with E-state index in [0.29, 0.717) is 6.42 Å². The third kappa shape index (κ3) is 4.02. The van der Waals surface area contributed by atoms with Gasteiger partial charge in [-0.05, 0) is 26.1 Å². The van der Waals surface area contributed by atoms with E-state index in [-0.39, 0.29) is 6.32 Å². The quantitative estimate of drug-likeness (QED) is 0.589. The molecule has 0 heterocycles. The zero-order valence-corrected chi connectivity index (χ0v) is 7.04. The Balaban J connectivity index is 3.81. The summed E-state index contributed by atoms with van der Waals surface area (Å²) in [6.07, 6.45) is 1.56. The van der Waals surface area contributed by atoms with E-state index in [1.165, 1.54) is 0 Å². The summed E-state index contributed by atoms with van der Waals surface area (Å²) in [4.78, 5) is 0. The molecule has 2 N–H and O–H groups in total. The highest BCUT2D eigenvalue weighted by molar-refractivity contribution is 6.40. The SMILES string of the molecule is CCC(C)(C#N)CCB(O)O. The zero-order valence-electron chi connectivity index (χ0n) is 7.04. The molecule has 1 unspecified atom stereocenters. The molecule has 4 heteroatoms. The van der Waals surface area contributed by atoms with Gasteiger partial charge in [-0.2, -0.15) is 5.26 Å². The van der Waals surface area contributed by atoms with Crippen LogP contribution in [0.25, 0.3) is 0 Å². The summed E-state index contributed by atoms with van der Waals surface area (Å²) < 4.78 is 0. The highest BCUT2D eigenvalue weighted by Crippen LogP contribution is 2.26. The Morgan fingerprint density at radius 1 is 1.55 bits per heavy atom. The second-order valence-corrected chi connectivity index (χ2v) is 3.05. The molecule has 0 saturated heterocycles. The summed E-state index contributed by atoms with van der Waals surface area (Å²) in [6.45, 7) is 3.75. The molecule has 0 bridgehead atoms. The maximum Gasteiger partial charge on any atom is 0.451 e. The van der Waals surface area contributed by atoms with Crippen LogP contribution in [0.2, 0.25) is 6.32 Å². The number of hydrogen-bond acceptors (Lipinski definition) is 3. The summed E-state index contributed by atoms with van der Waals surface area (Å²) in [5.74, 6) is 0. The fourth-order valence-corrected chi connectivity index (χ4v) is 0.759. The van der Waals surface area contributed by atoms with Crippen LogP contribution in [0.3, 0.4) is 0 Å². The molecular weight excluding hydrogens is 141 g/mol. The van der Waals surface area contributed by atoms with Crippen molar-refractivity contribution in [1.29, 1.82) is 5.26 Å². The summed E-state index contributed by atoms with van der Waals surface area (Å²) in [5.41, 5.74) is -0.399. The molecule has 0 aliphatic heterocycles. The summed E-state index contributed by atoms with van der Waals surface area (Å²) in [6, 6.07) is 2.16. The minimum absolute atomic E-state index is 0.276. The van der Waals surface area contributed by atoms with E-state index in [4.69, 9.17) is 15.3 Å². The van der Waals surface area contributed by atoms with Gasteiger partial charge in [-0.3, -0.25) is 0 Å². The Kier molecular flexibility index (Phi) is 4.16. The van der Waals surface area contributed by atoms with E-state index in [1.54, 1.807) is 0 Å². The minimum atomic E-state index is -1.28. The standard InChI is InChI=1S/C7H14BNO2/c1-3-7(2,6-9)4-5-8(10)11/h10-11H,3-5H2,1-2H3. The average molecular weight is 155 g/mol. The van der Waals surface area contributed by atoms with Gasteiger partial charge in [0.2, 0.25) is 0 Å². The third-order valence-corrected chi connectivity index (χ3v) is 2.00. The van der Waals surface area contributed by atoms with Gasteiger partial charge in [-0.25, -0.2) is 0 Å². The van der Waals surface area contributed by atoms with E-state index in [2.05, 4.69) is 6.07 Å². The fourth-order valence-electron chi connectivity index (χ4n) is 0.759. The van der Waals surface area contributed by atoms with Crippen molar-refractivity contribution in [3.8, 4) is 6.07 Å². The molecule has 0 radical (unpaired) electrons. The molecule has 62 valence electrons. The van der Waals surface area contributed by atoms with Gasteiger partial charge in [0.15, 0.2) is 0 Å². The van der Waals surface area contributed by atoms with Crippen LogP contribution in [0.4, 0.5) is 0 Å². The van der Waals surface area contributed by atoms with Gasteiger partial charge in [-0.15, -0.1) is 0 Å². The second kappa shape index (κ2) is 4.37. The van der Waals surface area contributed by atoms with Crippen LogP contribution in [0, 0.1) is 16.7 Å². The maximum atomic E-state index is 8.68. The Hall–Kier alpha value is -0.525. The lowest BCUT2D eigenvalue weighted by molar-refractivity contribution is 0.363. The van der Waals surface area contributed by atoms with Gasteiger partial charge in [0.05, 0.1) is 11.5 Å². The van der Waals surface area contributed by atoms with Gasteiger partial charge in [-0.1, -0.05) is 6.92 Å². The van der Waals surface area contributed by atoms with Crippen molar-refractivity contribution in [3.63, 3.8) is 0 Å². The topological polar surface area (TPSA) is 64.2 Å². The van der Waals surface area contributed by atoms with Crippen molar-refractivity contribution in [2.24, 2.45) is 5.41 Å². The van der Waals surface area contributed by atoms with Gasteiger partial charge in [0.25, 0.3) is 0 Å². The molecule has 0 spiro atoms. The van der Waals surface area contributed by atoms with E-state index in [9.17, 15) is 0 Å². The van der Waals surface area contributed by atoms with Crippen LogP contribution >= 0.6 is 0 Å². The first-order valence-electron chi connectivity index (χ1n) is 3.81. The molecular formula is C7H14BNO2. The lowest BCUT2D eigenvalue weighted by atomic mass is 9.74. The Morgan fingerprint density at radius 2 is 2.09 bits per heavy atom. The maximum absolute atomic E-state index is 8.68. The van der Waals surface area contributed by atoms with Crippen LogP contribution in [0.1, 0.15) is 26.7 Å². The number of rotatable bonds is 4. The average Bonchev–Trinajstić information content (AvgIpc) is 2.00. The normalized spacial score (nSPS) is 15.2. The molecule has 11 heavy (non-hydrogen) atoms. The van der Waals surface area contributed by atoms with Crippen LogP contribution in [-0.2, 0) is 0 Å². The minimum Gasteiger partial charge on any atom is -0.427 e. The van der Waals surface area contributed by atoms with Crippen molar-refractivity contribution in [2.45, 2.75) is 33.0 Å². The summed E-state index contributed by atoms with van der Waals surface area (Å²) in [5, 5.41) is 25.8. The molecule has 0 aromatic carbocycles. The third-order valence-electron chi connectivity index (χ3n) is 2.00. The van der Waals surface area contributed by atoms with Crippen molar-refractivity contribution >= 4 is 7.12 Å². The lowest BCUT2D eigenvalue weighted by Gasteiger charge is -2.18. The molecule has 1 atom stereocenters. The van der Waals surface area contributed by atoms with Crippen LogP contribution in [0.5, 0.6) is 0 Å². The Morgan fingerprint density at radius 3 is 2.36 bits per heavy atom. The molecule has 0 aromatic heterocycles. The highest BCUT2D eigenvalue weighted by atomic mass is 16.4. The summed E-state index contributed by atoms with van der Waals surface area (Å²) in [7, 11) is -1.28. The first-order chi connectivity index (χ1) is 5.04. The van der Waals surface area contributed by atoms with Crippen molar-refractivity contribution in [1.82, 2.24) is 0 Å². The largest absolute Gasteiger partial charge is 0.451 e. The molecule has 0 rings (SSSR count). The Labute approximate surface area is 67.8 Å². The molecule has 0 aromatic rings. The van der Waals surface area contributed by atoms with Crippen molar-refractivity contribution in [3.05, 3.63) is 0 Å². The second-order valence-electron chi connectivity index (χ2n) is 3.05. The predicted octanol–water partition coefficient (Wildman–Crippen LogP) is 0.789. The van der Waals surface area contributed by atoms with Gasteiger partial charge >= 0.3 is 7.12 Å². The lowest BCUT2D eigenvalue weighted by Crippen LogP contribution is -2.18. The van der Waals surface area contributed by atoms with Gasteiger partial charge in [0, 0.05) is 0 Å². The summed E-state index contributed by atoms with van der Waals surface area (Å²) >= 11 is 0. The fraction of sp³-hybridized carbons (Fsp3) is 0.857. The Bertz CT molecular complexity index is 155. The van der Waals surface area contributed by atoms with Gasteiger partial charge in [0.1, 0.15) is 0 Å². The first kappa shape index (κ1) is 10.5. The van der Waals surface area contributed by atoms with E-state index in [1.807, 2.05) is 13.8 Å². The van der Waals surface area contributed by atoms with Crippen LogP contribution < -0.4 is 0 Å². The zero-order chi connectivity index (χ0) is 8.91. The number of nitriles is 1. The van der Waals surface area contributed by atoms with E-state index in [0.717, 1.165) is 6.42 Å². The molecule has 0 aliphatic rings. The molecule has 3 nitrogen and oxygen atoms in total. The van der Waals surface area contributed by atoms with Crippen molar-refractivity contribution in [2.75, 3.05) is 0 Å². The van der Waals surface area contributed by atoms with E-state index < -0.39 is 12.5 Å². The van der Waals surface area contributed by atoms with E-state index >= 15 is 0 Å². The van der Waals surface area contributed by atoms with Gasteiger partial charge < -0.3 is 10.0 Å². The highest BCUT2D eigenvalue weighted by Gasteiger charge is 2.23. The monoisotopic (exact) mass is 155 g/mol. The molecule has 0 amide bonds. The first-order valence-corrected chi connectivity index (χ1v) is 3.81. The number of hydrogen-bond donors (Lipinski definition) is 2. The molecule has 0 aliphatic carbocycles. The molecule has 0 saturated carbocycles. The predicted molar refractivity (Wildman–Crippen MR) is 43.6 cm³/mol. The van der Waals surface area contributed by atoms with Crippen molar-refractivity contribution < 1.29 is 10.0 Å². The number of nitrogens with zero attached hydrogens (tertiary/aromatic N) is 1. The van der Waals surface area contributed by atoms with Crippen LogP contribution in [0.15, 0.2) is 0 Å².